The number of nitrogens with one attached hydrogen (secondary N) is 2. The zero-order valence-corrected chi connectivity index (χ0v) is 12.3. The molecule has 0 saturated carbocycles. The molecule has 2 aromatic heterocycles. The number of amides is 1. The first-order valence-corrected chi connectivity index (χ1v) is 7.52. The Balaban J connectivity index is 1.71. The molecule has 108 valence electrons. The van der Waals surface area contributed by atoms with Crippen molar-refractivity contribution in [3.05, 3.63) is 51.9 Å². The number of thiazole rings is 1. The Bertz CT molecular complexity index is 780. The van der Waals surface area contributed by atoms with E-state index >= 15 is 0 Å². The maximum atomic E-state index is 13.3. The number of hydrogen-bond donors (Lipinski definition) is 2. The molecule has 0 radical (unpaired) electrons. The van der Waals surface area contributed by atoms with Crippen LogP contribution in [0.3, 0.4) is 0 Å². The van der Waals surface area contributed by atoms with Gasteiger partial charge in [0, 0.05) is 29.2 Å². The molecule has 3 aromatic rings. The van der Waals surface area contributed by atoms with Gasteiger partial charge in [0.05, 0.1) is 11.2 Å². The molecule has 6 heteroatoms. The number of carbonyl (C=O) groups excluding carboxylic acids is 1. The molecule has 4 nitrogen and oxygen atoms in total. The number of hydrogen-bond acceptors (Lipinski definition) is 3. The summed E-state index contributed by atoms with van der Waals surface area (Å²) in [6.07, 6.45) is 0.698. The standard InChI is InChI=1S/C15H14FN3OS/c1-9-4-10(16)5-13-12(9)6-14(19-13)15(20)17-3-2-11-7-21-8-18-11/h4-8,19H,2-3H2,1H3,(H,17,20). The van der Waals surface area contributed by atoms with Crippen molar-refractivity contribution in [2.45, 2.75) is 13.3 Å². The van der Waals surface area contributed by atoms with Crippen molar-refractivity contribution in [2.24, 2.45) is 0 Å². The van der Waals surface area contributed by atoms with Crippen LogP contribution in [0.5, 0.6) is 0 Å². The molecule has 1 aromatic carbocycles. The lowest BCUT2D eigenvalue weighted by molar-refractivity contribution is 0.0950. The van der Waals surface area contributed by atoms with Crippen LogP contribution in [0, 0.1) is 12.7 Å². The molecule has 0 aliphatic heterocycles. The Hall–Kier alpha value is -2.21. The highest BCUT2D eigenvalue weighted by Crippen LogP contribution is 2.21. The number of fused-ring (bicyclic) bond motifs is 1. The Kier molecular flexibility index (Phi) is 3.70. The summed E-state index contributed by atoms with van der Waals surface area (Å²) >= 11 is 1.54. The van der Waals surface area contributed by atoms with Crippen molar-refractivity contribution < 1.29 is 9.18 Å². The quantitative estimate of drug-likeness (QED) is 0.778. The number of aromatic nitrogens is 2. The Morgan fingerprint density at radius 3 is 3.05 bits per heavy atom. The lowest BCUT2D eigenvalue weighted by atomic mass is 10.1. The predicted molar refractivity (Wildman–Crippen MR) is 81.1 cm³/mol. The lowest BCUT2D eigenvalue weighted by Crippen LogP contribution is -2.25. The van der Waals surface area contributed by atoms with Crippen LogP contribution in [-0.2, 0) is 6.42 Å². The Morgan fingerprint density at radius 2 is 2.29 bits per heavy atom. The fourth-order valence-corrected chi connectivity index (χ4v) is 2.85. The average molecular weight is 303 g/mol. The predicted octanol–water partition coefficient (Wildman–Crippen LogP) is 3.04. The molecule has 0 aliphatic rings. The molecule has 2 N–H and O–H groups in total. The van der Waals surface area contributed by atoms with Crippen molar-refractivity contribution in [1.29, 1.82) is 0 Å². The van der Waals surface area contributed by atoms with Crippen molar-refractivity contribution >= 4 is 28.1 Å². The molecule has 1 amide bonds. The van der Waals surface area contributed by atoms with Gasteiger partial charge in [0.2, 0.25) is 0 Å². The monoisotopic (exact) mass is 303 g/mol. The van der Waals surface area contributed by atoms with E-state index < -0.39 is 0 Å². The number of carbonyl (C=O) groups is 1. The Morgan fingerprint density at radius 1 is 1.43 bits per heavy atom. The first kappa shape index (κ1) is 13.8. The second-order valence-electron chi connectivity index (χ2n) is 4.85. The van der Waals surface area contributed by atoms with Crippen molar-refractivity contribution in [2.75, 3.05) is 6.54 Å². The van der Waals surface area contributed by atoms with E-state index in [1.165, 1.54) is 23.5 Å². The molecule has 3 rings (SSSR count). The van der Waals surface area contributed by atoms with Crippen LogP contribution >= 0.6 is 11.3 Å². The SMILES string of the molecule is Cc1cc(F)cc2[nH]c(C(=O)NCCc3cscn3)cc12. The maximum absolute atomic E-state index is 13.3. The van der Waals surface area contributed by atoms with E-state index in [9.17, 15) is 9.18 Å². The molecule has 21 heavy (non-hydrogen) atoms. The minimum Gasteiger partial charge on any atom is -0.350 e. The first-order chi connectivity index (χ1) is 10.1. The number of H-pyrrole nitrogens is 1. The fourth-order valence-electron chi connectivity index (χ4n) is 2.26. The van der Waals surface area contributed by atoms with Crippen molar-refractivity contribution in [3.63, 3.8) is 0 Å². The van der Waals surface area contributed by atoms with Gasteiger partial charge in [-0.25, -0.2) is 9.37 Å². The second kappa shape index (κ2) is 5.65. The smallest absolute Gasteiger partial charge is 0.267 e. The zero-order chi connectivity index (χ0) is 14.8. The lowest BCUT2D eigenvalue weighted by Gasteiger charge is -2.01. The van der Waals surface area contributed by atoms with Crippen molar-refractivity contribution in [3.8, 4) is 0 Å². The maximum Gasteiger partial charge on any atom is 0.267 e. The van der Waals surface area contributed by atoms with E-state index in [2.05, 4.69) is 15.3 Å². The van der Waals surface area contributed by atoms with Gasteiger partial charge in [0.1, 0.15) is 11.5 Å². The van der Waals surface area contributed by atoms with Crippen LogP contribution < -0.4 is 5.32 Å². The highest BCUT2D eigenvalue weighted by Gasteiger charge is 2.11. The molecule has 0 spiro atoms. The number of halogens is 1. The van der Waals surface area contributed by atoms with Crippen LogP contribution in [0.4, 0.5) is 4.39 Å². The zero-order valence-electron chi connectivity index (χ0n) is 11.4. The largest absolute Gasteiger partial charge is 0.350 e. The third-order valence-electron chi connectivity index (χ3n) is 3.30. The van der Waals surface area contributed by atoms with Gasteiger partial charge < -0.3 is 10.3 Å². The van der Waals surface area contributed by atoms with Crippen LogP contribution in [-0.4, -0.2) is 22.4 Å². The van der Waals surface area contributed by atoms with E-state index in [1.54, 1.807) is 11.6 Å². The van der Waals surface area contributed by atoms with Crippen LogP contribution in [0.15, 0.2) is 29.1 Å². The minimum absolute atomic E-state index is 0.193. The average Bonchev–Trinajstić information content (AvgIpc) is 3.07. The number of rotatable bonds is 4. The van der Waals surface area contributed by atoms with Gasteiger partial charge in [-0.3, -0.25) is 4.79 Å². The van der Waals surface area contributed by atoms with Gasteiger partial charge >= 0.3 is 0 Å². The number of aromatic amines is 1. The molecule has 0 aliphatic carbocycles. The molecular formula is C15H14FN3OS. The molecule has 0 bridgehead atoms. The highest BCUT2D eigenvalue weighted by molar-refractivity contribution is 7.07. The second-order valence-corrected chi connectivity index (χ2v) is 5.57. The third-order valence-corrected chi connectivity index (χ3v) is 3.94. The normalized spacial score (nSPS) is 11.0. The van der Waals surface area contributed by atoms with Gasteiger partial charge in [-0.05, 0) is 30.7 Å². The van der Waals surface area contributed by atoms with Crippen LogP contribution in [0.2, 0.25) is 0 Å². The third kappa shape index (κ3) is 2.95. The van der Waals surface area contributed by atoms with E-state index in [4.69, 9.17) is 0 Å². The summed E-state index contributed by atoms with van der Waals surface area (Å²) in [6, 6.07) is 4.61. The number of nitrogens with zero attached hydrogens (tertiary/aromatic N) is 1. The minimum atomic E-state index is -0.308. The van der Waals surface area contributed by atoms with Gasteiger partial charge in [-0.2, -0.15) is 0 Å². The van der Waals surface area contributed by atoms with Crippen molar-refractivity contribution in [1.82, 2.24) is 15.3 Å². The van der Waals surface area contributed by atoms with Gasteiger partial charge in [-0.15, -0.1) is 11.3 Å². The summed E-state index contributed by atoms with van der Waals surface area (Å²) in [5.41, 5.74) is 4.62. The van der Waals surface area contributed by atoms with Crippen LogP contribution in [0.25, 0.3) is 10.9 Å². The summed E-state index contributed by atoms with van der Waals surface area (Å²) in [5, 5.41) is 5.65. The summed E-state index contributed by atoms with van der Waals surface area (Å²) in [4.78, 5) is 19.2. The molecule has 0 unspecified atom stereocenters. The van der Waals surface area contributed by atoms with Gasteiger partial charge in [-0.1, -0.05) is 0 Å². The molecule has 0 atom stereocenters. The first-order valence-electron chi connectivity index (χ1n) is 6.57. The van der Waals surface area contributed by atoms with Gasteiger partial charge in [0.15, 0.2) is 0 Å². The van der Waals surface area contributed by atoms with E-state index in [0.29, 0.717) is 24.2 Å². The molecular weight excluding hydrogens is 289 g/mol. The number of aryl methyl sites for hydroxylation is 1. The molecule has 0 fully saturated rings. The van der Waals surface area contributed by atoms with E-state index in [0.717, 1.165) is 16.6 Å². The summed E-state index contributed by atoms with van der Waals surface area (Å²) in [5.74, 6) is -0.501. The molecule has 2 heterocycles. The van der Waals surface area contributed by atoms with Gasteiger partial charge in [0.25, 0.3) is 5.91 Å². The van der Waals surface area contributed by atoms with E-state index in [1.807, 2.05) is 12.3 Å². The fraction of sp³-hybridized carbons (Fsp3) is 0.200. The number of benzene rings is 1. The summed E-state index contributed by atoms with van der Waals surface area (Å²) in [7, 11) is 0. The van der Waals surface area contributed by atoms with Crippen LogP contribution in [0.1, 0.15) is 21.7 Å². The Labute approximate surface area is 125 Å². The topological polar surface area (TPSA) is 57.8 Å². The highest BCUT2D eigenvalue weighted by atomic mass is 32.1. The summed E-state index contributed by atoms with van der Waals surface area (Å²) < 4.78 is 13.3. The molecule has 0 saturated heterocycles. The summed E-state index contributed by atoms with van der Waals surface area (Å²) in [6.45, 7) is 2.34. The van der Waals surface area contributed by atoms with E-state index in [-0.39, 0.29) is 11.7 Å².